The summed E-state index contributed by atoms with van der Waals surface area (Å²) in [7, 11) is 0. The molecule has 0 bridgehead atoms. The first-order valence-electron chi connectivity index (χ1n) is 6.34. The topological polar surface area (TPSA) is 20.2 Å². The largest absolute Gasteiger partial charge is 0.508 e. The summed E-state index contributed by atoms with van der Waals surface area (Å²) in [6, 6.07) is 8.71. The summed E-state index contributed by atoms with van der Waals surface area (Å²) < 4.78 is 1.42. The molecule has 117 valence electrons. The van der Waals surface area contributed by atoms with Crippen molar-refractivity contribution >= 4 is 28.6 Å². The molecule has 1 aliphatic carbocycles. The van der Waals surface area contributed by atoms with Gasteiger partial charge in [0.25, 0.3) is 0 Å². The van der Waals surface area contributed by atoms with Crippen LogP contribution in [0.4, 0.5) is 0 Å². The predicted molar refractivity (Wildman–Crippen MR) is 94.4 cm³/mol. The van der Waals surface area contributed by atoms with Gasteiger partial charge in [-0.15, -0.1) is 38.2 Å². The van der Waals surface area contributed by atoms with Gasteiger partial charge in [0.2, 0.25) is 0 Å². The molecule has 2 rings (SSSR count). The van der Waals surface area contributed by atoms with Gasteiger partial charge in [0.1, 0.15) is 5.75 Å². The van der Waals surface area contributed by atoms with Crippen molar-refractivity contribution in [3.8, 4) is 5.75 Å². The maximum atomic E-state index is 8.63. The Bertz CT molecular complexity index is 455. The Kier molecular flexibility index (Phi) is 17.8. The molecule has 1 aliphatic rings. The van der Waals surface area contributed by atoms with Gasteiger partial charge in [0, 0.05) is 0 Å². The molecule has 0 atom stereocenters. The average Bonchev–Trinajstić information content (AvgIpc) is 2.62. The zero-order valence-corrected chi connectivity index (χ0v) is 16.6. The molecule has 0 spiro atoms. The van der Waals surface area contributed by atoms with Crippen LogP contribution in [0.5, 0.6) is 5.75 Å². The van der Waals surface area contributed by atoms with Crippen LogP contribution < -0.4 is 0 Å². The number of halogens is 2. The Morgan fingerprint density at radius 2 is 1.48 bits per heavy atom. The molecule has 0 fully saturated rings. The van der Waals surface area contributed by atoms with Crippen LogP contribution >= 0.6 is 24.8 Å². The molecule has 0 amide bonds. The zero-order chi connectivity index (χ0) is 14.8. The summed E-state index contributed by atoms with van der Waals surface area (Å²) in [4.78, 5) is 0. The van der Waals surface area contributed by atoms with Gasteiger partial charge in [0.05, 0.1) is 0 Å². The molecule has 1 N–H and O–H groups in total. The number of allylic oxidation sites excluding steroid dienone is 4. The van der Waals surface area contributed by atoms with Crippen molar-refractivity contribution in [1.82, 2.24) is 0 Å². The van der Waals surface area contributed by atoms with E-state index in [4.69, 9.17) is 5.11 Å². The number of hydrogen-bond acceptors (Lipinski definition) is 1. The minimum absolute atomic E-state index is 0. The van der Waals surface area contributed by atoms with Crippen LogP contribution in [0.1, 0.15) is 41.0 Å². The van der Waals surface area contributed by atoms with Crippen molar-refractivity contribution in [2.75, 3.05) is 0 Å². The van der Waals surface area contributed by atoms with Crippen LogP contribution in [-0.4, -0.2) is 8.92 Å². The van der Waals surface area contributed by atoms with E-state index in [2.05, 4.69) is 60.7 Å². The number of benzene rings is 1. The molecule has 4 heteroatoms. The van der Waals surface area contributed by atoms with E-state index in [0.29, 0.717) is 5.75 Å². The SMILES string of the molecule is CC1=[C-]CC(C)=C1C.C[C](C)=[Ti+].Cl.Cl.Oc1ccccc1. The molecule has 0 saturated carbocycles. The monoisotopic (exact) mass is 363 g/mol. The first kappa shape index (κ1) is 25.6. The van der Waals surface area contributed by atoms with Crippen LogP contribution in [0.3, 0.4) is 0 Å². The standard InChI is InChI=1S/C8H11.C6H6O.C3H6.2ClH.Ti/c1-6-4-5-7(2)8(6)3;7-6-4-2-1-3-5-6;1-3-2;;;/h4H2,1-3H3;1-5,7H;1-2H3;2*1H;/q-1;;;;;+1. The fourth-order valence-corrected chi connectivity index (χ4v) is 1.28. The van der Waals surface area contributed by atoms with Gasteiger partial charge >= 0.3 is 37.6 Å². The molecule has 0 radical (unpaired) electrons. The van der Waals surface area contributed by atoms with E-state index in [1.807, 2.05) is 6.07 Å². The first-order chi connectivity index (χ1) is 8.84. The number of phenols is 1. The molecule has 0 heterocycles. The van der Waals surface area contributed by atoms with E-state index in [1.54, 1.807) is 24.3 Å². The summed E-state index contributed by atoms with van der Waals surface area (Å²) in [5, 5.41) is 8.63. The summed E-state index contributed by atoms with van der Waals surface area (Å²) in [5.74, 6) is 0.322. The molecule has 1 aromatic carbocycles. The Labute approximate surface area is 153 Å². The number of para-hydroxylation sites is 1. The fourth-order valence-electron chi connectivity index (χ4n) is 1.28. The maximum absolute atomic E-state index is 8.63. The maximum Gasteiger partial charge on any atom is 0.115 e. The fraction of sp³-hybridized carbons (Fsp3) is 0.353. The third-order valence-corrected chi connectivity index (χ3v) is 2.58. The smallest absolute Gasteiger partial charge is 0.115 e. The van der Waals surface area contributed by atoms with Crippen molar-refractivity contribution in [1.29, 1.82) is 0 Å². The van der Waals surface area contributed by atoms with Gasteiger partial charge in [-0.2, -0.15) is 11.1 Å². The van der Waals surface area contributed by atoms with E-state index >= 15 is 0 Å². The second-order valence-corrected chi connectivity index (χ2v) is 6.28. The predicted octanol–water partition coefficient (Wildman–Crippen LogP) is 5.46. The molecule has 1 aromatic rings. The average molecular weight is 364 g/mol. The van der Waals surface area contributed by atoms with Crippen molar-refractivity contribution in [2.45, 2.75) is 41.0 Å². The van der Waals surface area contributed by atoms with E-state index in [1.165, 1.54) is 20.5 Å². The third kappa shape index (κ3) is 14.4. The summed E-state index contributed by atoms with van der Waals surface area (Å²) >= 11 is 2.08. The Balaban J connectivity index is -0.000000233. The molecule has 0 aromatic heterocycles. The van der Waals surface area contributed by atoms with Gasteiger partial charge in [-0.05, 0) is 12.1 Å². The van der Waals surface area contributed by atoms with Crippen LogP contribution in [0.25, 0.3) is 0 Å². The molecular formula is C17H25Cl2OTi. The van der Waals surface area contributed by atoms with Crippen LogP contribution in [0.2, 0.25) is 0 Å². The summed E-state index contributed by atoms with van der Waals surface area (Å²) in [5.41, 5.74) is 4.25. The third-order valence-electron chi connectivity index (χ3n) is 2.58. The second-order valence-electron chi connectivity index (χ2n) is 4.72. The van der Waals surface area contributed by atoms with Gasteiger partial charge in [-0.25, -0.2) is 5.57 Å². The molecular weight excluding hydrogens is 339 g/mol. The molecule has 0 unspecified atom stereocenters. The molecule has 21 heavy (non-hydrogen) atoms. The number of aromatic hydroxyl groups is 1. The Morgan fingerprint density at radius 3 is 1.62 bits per heavy atom. The quantitative estimate of drug-likeness (QED) is 0.479. The van der Waals surface area contributed by atoms with E-state index < -0.39 is 0 Å². The number of phenolic OH excluding ortho intramolecular Hbond substituents is 1. The van der Waals surface area contributed by atoms with Crippen molar-refractivity contribution in [2.24, 2.45) is 0 Å². The van der Waals surface area contributed by atoms with E-state index in [0.717, 1.165) is 6.42 Å². The van der Waals surface area contributed by atoms with Crippen molar-refractivity contribution < 1.29 is 25.1 Å². The summed E-state index contributed by atoms with van der Waals surface area (Å²) in [6.07, 6.45) is 4.31. The van der Waals surface area contributed by atoms with E-state index in [-0.39, 0.29) is 24.8 Å². The normalized spacial score (nSPS) is 11.7. The van der Waals surface area contributed by atoms with Crippen LogP contribution in [0, 0.1) is 6.08 Å². The van der Waals surface area contributed by atoms with Gasteiger partial charge in [-0.1, -0.05) is 32.0 Å². The molecule has 0 aliphatic heterocycles. The Hall–Kier alpha value is -0.336. The van der Waals surface area contributed by atoms with Gasteiger partial charge < -0.3 is 5.11 Å². The minimum Gasteiger partial charge on any atom is -0.508 e. The molecule has 1 nitrogen and oxygen atoms in total. The van der Waals surface area contributed by atoms with Gasteiger partial charge in [-0.3, -0.25) is 6.08 Å². The second kappa shape index (κ2) is 14.6. The van der Waals surface area contributed by atoms with Crippen LogP contribution in [0.15, 0.2) is 47.1 Å². The molecule has 0 saturated heterocycles. The first-order valence-corrected chi connectivity index (χ1v) is 7.12. The number of hydrogen-bond donors (Lipinski definition) is 1. The number of rotatable bonds is 0. The zero-order valence-electron chi connectivity index (χ0n) is 13.4. The summed E-state index contributed by atoms with van der Waals surface area (Å²) in [6.45, 7) is 10.6. The van der Waals surface area contributed by atoms with E-state index in [9.17, 15) is 0 Å². The van der Waals surface area contributed by atoms with Crippen LogP contribution in [-0.2, 0) is 20.0 Å². The Morgan fingerprint density at radius 1 is 1.05 bits per heavy atom. The van der Waals surface area contributed by atoms with Crippen molar-refractivity contribution in [3.05, 3.63) is 53.1 Å². The van der Waals surface area contributed by atoms with Gasteiger partial charge in [0.15, 0.2) is 0 Å². The minimum atomic E-state index is 0. The van der Waals surface area contributed by atoms with Crippen molar-refractivity contribution in [3.63, 3.8) is 0 Å².